The van der Waals surface area contributed by atoms with Crippen LogP contribution in [0.2, 0.25) is 0 Å². The van der Waals surface area contributed by atoms with Crippen molar-refractivity contribution in [1.82, 2.24) is 10.2 Å². The molecule has 5 nitrogen and oxygen atoms in total. The van der Waals surface area contributed by atoms with Gasteiger partial charge in [-0.2, -0.15) is 0 Å². The summed E-state index contributed by atoms with van der Waals surface area (Å²) in [5, 5.41) is 10.9. The van der Waals surface area contributed by atoms with Crippen LogP contribution in [0.1, 0.15) is 26.7 Å². The maximum absolute atomic E-state index is 11.0. The SMILES string of the molecule is CCCN(CC)CCNC(=O)CC(=O)O. The minimum Gasteiger partial charge on any atom is -0.481 e. The molecule has 0 aliphatic rings. The topological polar surface area (TPSA) is 69.6 Å². The lowest BCUT2D eigenvalue weighted by molar-refractivity contribution is -0.140. The van der Waals surface area contributed by atoms with Crippen molar-refractivity contribution in [2.24, 2.45) is 0 Å². The van der Waals surface area contributed by atoms with E-state index in [1.54, 1.807) is 0 Å². The van der Waals surface area contributed by atoms with E-state index in [0.717, 1.165) is 26.1 Å². The van der Waals surface area contributed by atoms with Crippen molar-refractivity contribution >= 4 is 11.9 Å². The number of aliphatic carboxylic acids is 1. The first-order chi connectivity index (χ1) is 7.10. The second-order valence-corrected chi connectivity index (χ2v) is 3.35. The summed E-state index contributed by atoms with van der Waals surface area (Å²) in [6, 6.07) is 0. The van der Waals surface area contributed by atoms with Crippen LogP contribution in [0.5, 0.6) is 0 Å². The molecule has 0 aromatic rings. The molecule has 0 saturated carbocycles. The highest BCUT2D eigenvalue weighted by molar-refractivity contribution is 5.93. The van der Waals surface area contributed by atoms with Gasteiger partial charge in [-0.05, 0) is 19.5 Å². The molecule has 0 atom stereocenters. The summed E-state index contributed by atoms with van der Waals surface area (Å²) in [5.74, 6) is -1.51. The van der Waals surface area contributed by atoms with E-state index in [2.05, 4.69) is 24.1 Å². The minimum atomic E-state index is -1.09. The molecular formula is C10H20N2O3. The second-order valence-electron chi connectivity index (χ2n) is 3.35. The monoisotopic (exact) mass is 216 g/mol. The number of amides is 1. The highest BCUT2D eigenvalue weighted by atomic mass is 16.4. The zero-order valence-electron chi connectivity index (χ0n) is 9.45. The molecule has 0 radical (unpaired) electrons. The predicted molar refractivity (Wildman–Crippen MR) is 57.7 cm³/mol. The lowest BCUT2D eigenvalue weighted by atomic mass is 10.3. The van der Waals surface area contributed by atoms with Crippen LogP contribution >= 0.6 is 0 Å². The predicted octanol–water partition coefficient (Wildman–Crippen LogP) is 0.309. The number of hydrogen-bond donors (Lipinski definition) is 2. The molecule has 0 spiro atoms. The Morgan fingerprint density at radius 2 is 1.93 bits per heavy atom. The lowest BCUT2D eigenvalue weighted by Crippen LogP contribution is -2.35. The standard InChI is InChI=1S/C10H20N2O3/c1-3-6-12(4-2)7-5-11-9(13)8-10(14)15/h3-8H2,1-2H3,(H,11,13)(H,14,15). The van der Waals surface area contributed by atoms with E-state index in [4.69, 9.17) is 5.11 Å². The molecule has 0 aromatic heterocycles. The van der Waals surface area contributed by atoms with Crippen LogP contribution < -0.4 is 5.32 Å². The maximum Gasteiger partial charge on any atom is 0.312 e. The Kier molecular flexibility index (Phi) is 7.62. The third-order valence-corrected chi connectivity index (χ3v) is 2.05. The Morgan fingerprint density at radius 3 is 2.40 bits per heavy atom. The number of likely N-dealkylation sites (N-methyl/N-ethyl adjacent to an activating group) is 1. The number of carbonyl (C=O) groups is 2. The molecule has 88 valence electrons. The molecule has 1 amide bonds. The molecule has 2 N–H and O–H groups in total. The summed E-state index contributed by atoms with van der Waals surface area (Å²) in [4.78, 5) is 23.4. The molecule has 5 heteroatoms. The van der Waals surface area contributed by atoms with E-state index in [1.807, 2.05) is 0 Å². The second kappa shape index (κ2) is 8.23. The fraction of sp³-hybridized carbons (Fsp3) is 0.800. The van der Waals surface area contributed by atoms with Gasteiger partial charge in [0.2, 0.25) is 5.91 Å². The number of hydrogen-bond acceptors (Lipinski definition) is 3. The van der Waals surface area contributed by atoms with E-state index >= 15 is 0 Å². The first-order valence-electron chi connectivity index (χ1n) is 5.31. The highest BCUT2D eigenvalue weighted by Gasteiger charge is 2.07. The molecular weight excluding hydrogens is 196 g/mol. The van der Waals surface area contributed by atoms with E-state index < -0.39 is 18.3 Å². The molecule has 0 aliphatic carbocycles. The van der Waals surface area contributed by atoms with E-state index in [9.17, 15) is 9.59 Å². The van der Waals surface area contributed by atoms with Gasteiger partial charge < -0.3 is 15.3 Å². The van der Waals surface area contributed by atoms with Crippen LogP contribution in [-0.4, -0.2) is 48.1 Å². The summed E-state index contributed by atoms with van der Waals surface area (Å²) >= 11 is 0. The normalized spacial score (nSPS) is 10.3. The van der Waals surface area contributed by atoms with Gasteiger partial charge in [0.05, 0.1) is 0 Å². The van der Waals surface area contributed by atoms with Crippen LogP contribution in [0.25, 0.3) is 0 Å². The largest absolute Gasteiger partial charge is 0.481 e. The van der Waals surface area contributed by atoms with Gasteiger partial charge in [0.1, 0.15) is 6.42 Å². The number of rotatable bonds is 8. The molecule has 0 heterocycles. The molecule has 0 bridgehead atoms. The van der Waals surface area contributed by atoms with Gasteiger partial charge in [-0.1, -0.05) is 13.8 Å². The van der Waals surface area contributed by atoms with Crippen LogP contribution in [0.15, 0.2) is 0 Å². The zero-order chi connectivity index (χ0) is 11.7. The first-order valence-corrected chi connectivity index (χ1v) is 5.31. The third-order valence-electron chi connectivity index (χ3n) is 2.05. The Morgan fingerprint density at radius 1 is 1.27 bits per heavy atom. The average molecular weight is 216 g/mol. The minimum absolute atomic E-state index is 0.421. The number of carbonyl (C=O) groups excluding carboxylic acids is 1. The van der Waals surface area contributed by atoms with Crippen molar-refractivity contribution in [2.45, 2.75) is 26.7 Å². The summed E-state index contributed by atoms with van der Waals surface area (Å²) in [6.07, 6.45) is 0.636. The third kappa shape index (κ3) is 7.93. The van der Waals surface area contributed by atoms with Crippen molar-refractivity contribution in [3.63, 3.8) is 0 Å². The van der Waals surface area contributed by atoms with Crippen molar-refractivity contribution in [3.8, 4) is 0 Å². The van der Waals surface area contributed by atoms with Crippen LogP contribution in [-0.2, 0) is 9.59 Å². The van der Waals surface area contributed by atoms with Crippen LogP contribution in [0, 0.1) is 0 Å². The molecule has 0 aromatic carbocycles. The maximum atomic E-state index is 11.0. The first kappa shape index (κ1) is 13.9. The molecule has 0 saturated heterocycles. The van der Waals surface area contributed by atoms with Gasteiger partial charge in [-0.15, -0.1) is 0 Å². The molecule has 0 fully saturated rings. The zero-order valence-corrected chi connectivity index (χ0v) is 9.45. The molecule has 15 heavy (non-hydrogen) atoms. The van der Waals surface area contributed by atoms with Crippen LogP contribution in [0.3, 0.4) is 0 Å². The summed E-state index contributed by atoms with van der Waals surface area (Å²) in [7, 11) is 0. The smallest absolute Gasteiger partial charge is 0.312 e. The average Bonchev–Trinajstić information content (AvgIpc) is 2.15. The quantitative estimate of drug-likeness (QED) is 0.573. The number of nitrogens with zero attached hydrogens (tertiary/aromatic N) is 1. The Bertz CT molecular complexity index is 207. The van der Waals surface area contributed by atoms with Crippen molar-refractivity contribution in [1.29, 1.82) is 0 Å². The number of carboxylic acids is 1. The summed E-state index contributed by atoms with van der Waals surface area (Å²) in [5.41, 5.74) is 0. The van der Waals surface area contributed by atoms with Crippen molar-refractivity contribution < 1.29 is 14.7 Å². The number of nitrogens with one attached hydrogen (secondary N) is 1. The van der Waals surface area contributed by atoms with Gasteiger partial charge in [0.15, 0.2) is 0 Å². The lowest BCUT2D eigenvalue weighted by Gasteiger charge is -2.19. The van der Waals surface area contributed by atoms with Crippen molar-refractivity contribution in [3.05, 3.63) is 0 Å². The van der Waals surface area contributed by atoms with Gasteiger partial charge in [-0.25, -0.2) is 0 Å². The summed E-state index contributed by atoms with van der Waals surface area (Å²) in [6.45, 7) is 7.41. The van der Waals surface area contributed by atoms with E-state index in [-0.39, 0.29) is 0 Å². The fourth-order valence-electron chi connectivity index (χ4n) is 1.30. The Hall–Kier alpha value is -1.10. The summed E-state index contributed by atoms with van der Waals surface area (Å²) < 4.78 is 0. The van der Waals surface area contributed by atoms with E-state index in [0.29, 0.717) is 6.54 Å². The van der Waals surface area contributed by atoms with Gasteiger partial charge in [0.25, 0.3) is 0 Å². The highest BCUT2D eigenvalue weighted by Crippen LogP contribution is 1.89. The van der Waals surface area contributed by atoms with Gasteiger partial charge >= 0.3 is 5.97 Å². The number of carboxylic acid groups (broad SMARTS) is 1. The Balaban J connectivity index is 3.58. The molecule has 0 aliphatic heterocycles. The van der Waals surface area contributed by atoms with Crippen LogP contribution in [0.4, 0.5) is 0 Å². The molecule has 0 rings (SSSR count). The fourth-order valence-corrected chi connectivity index (χ4v) is 1.30. The molecule has 0 unspecified atom stereocenters. The van der Waals surface area contributed by atoms with E-state index in [1.165, 1.54) is 0 Å². The van der Waals surface area contributed by atoms with Crippen molar-refractivity contribution in [2.75, 3.05) is 26.2 Å². The Labute approximate surface area is 90.5 Å². The van der Waals surface area contributed by atoms with Gasteiger partial charge in [0, 0.05) is 13.1 Å². The van der Waals surface area contributed by atoms with Gasteiger partial charge in [-0.3, -0.25) is 9.59 Å².